The van der Waals surface area contributed by atoms with Crippen molar-refractivity contribution in [2.45, 2.75) is 39.5 Å². The Bertz CT molecular complexity index is 145. The summed E-state index contributed by atoms with van der Waals surface area (Å²) in [6.07, 6.45) is 0. The highest BCUT2D eigenvalue weighted by Gasteiger charge is 2.36. The van der Waals surface area contributed by atoms with Gasteiger partial charge in [-0.1, -0.05) is 71.4 Å². The molecule has 0 atom stereocenters. The van der Waals surface area contributed by atoms with E-state index in [1.165, 1.54) is 6.04 Å². The lowest BCUT2D eigenvalue weighted by atomic mass is 9.83. The lowest BCUT2D eigenvalue weighted by molar-refractivity contribution is 0.300. The van der Waals surface area contributed by atoms with E-state index in [1.54, 1.807) is 0 Å². The lowest BCUT2D eigenvalue weighted by Crippen LogP contribution is -2.39. The van der Waals surface area contributed by atoms with E-state index in [2.05, 4.69) is 65.3 Å². The third-order valence-electron chi connectivity index (χ3n) is 2.64. The second kappa shape index (κ2) is 5.31. The number of alkyl halides is 2. The average molecular weight is 330 g/mol. The summed E-state index contributed by atoms with van der Waals surface area (Å²) in [5.41, 5.74) is 0.463. The van der Waals surface area contributed by atoms with Crippen LogP contribution in [0.4, 0.5) is 0 Å². The van der Waals surface area contributed by atoms with Crippen molar-refractivity contribution in [3.05, 3.63) is 0 Å². The molecule has 0 aliphatic heterocycles. The Balaban J connectivity index is 4.58. The van der Waals surface area contributed by atoms with Crippen molar-refractivity contribution >= 4 is 39.9 Å². The number of halogens is 2. The van der Waals surface area contributed by atoms with Crippen LogP contribution in [0, 0.1) is 11.3 Å². The Morgan fingerprint density at radius 1 is 1.08 bits per heavy atom. The minimum Gasteiger partial charge on any atom is -0.0922 e. The fraction of sp³-hybridized carbons (Fsp3) is 1.00. The van der Waals surface area contributed by atoms with Crippen LogP contribution in [0.3, 0.4) is 0 Å². The summed E-state index contributed by atoms with van der Waals surface area (Å²) in [5.74, 6) is 0.748. The van der Waals surface area contributed by atoms with Gasteiger partial charge in [-0.3, -0.25) is 0 Å². The van der Waals surface area contributed by atoms with Gasteiger partial charge in [0.1, 0.15) is 0 Å². The van der Waals surface area contributed by atoms with Crippen molar-refractivity contribution in [2.75, 3.05) is 10.7 Å². The normalized spacial score (nSPS) is 13.8. The molecular formula is C10H22Br2Si. The summed E-state index contributed by atoms with van der Waals surface area (Å²) in [4.78, 5) is 0. The molecule has 0 amide bonds. The minimum absolute atomic E-state index is 0.463. The van der Waals surface area contributed by atoms with E-state index in [0.717, 1.165) is 16.6 Å². The second-order valence-electron chi connectivity index (χ2n) is 5.52. The first-order valence-electron chi connectivity index (χ1n) is 4.89. The third-order valence-corrected chi connectivity index (χ3v) is 6.64. The quantitative estimate of drug-likeness (QED) is 0.504. The van der Waals surface area contributed by atoms with Crippen LogP contribution < -0.4 is 0 Å². The third kappa shape index (κ3) is 4.48. The van der Waals surface area contributed by atoms with E-state index in [9.17, 15) is 0 Å². The standard InChI is InChI=1S/C10H22Br2Si/c1-9(2)10(6-11,7-12)8-13(3,4)5/h9H,6-8H2,1-5H3. The molecule has 3 heteroatoms. The van der Waals surface area contributed by atoms with Crippen LogP contribution in [-0.4, -0.2) is 18.7 Å². The van der Waals surface area contributed by atoms with Crippen molar-refractivity contribution in [2.24, 2.45) is 11.3 Å². The molecule has 0 aliphatic rings. The highest BCUT2D eigenvalue weighted by Crippen LogP contribution is 2.39. The first-order chi connectivity index (χ1) is 5.77. The van der Waals surface area contributed by atoms with Crippen LogP contribution in [0.2, 0.25) is 25.7 Å². The predicted molar refractivity (Wildman–Crippen MR) is 73.0 cm³/mol. The van der Waals surface area contributed by atoms with Crippen LogP contribution >= 0.6 is 31.9 Å². The largest absolute Gasteiger partial charge is 0.0922 e. The zero-order valence-electron chi connectivity index (χ0n) is 9.45. The molecule has 0 spiro atoms. The maximum atomic E-state index is 3.68. The molecule has 0 saturated heterocycles. The number of hydrogen-bond donors (Lipinski definition) is 0. The summed E-state index contributed by atoms with van der Waals surface area (Å²) in [6.45, 7) is 12.0. The van der Waals surface area contributed by atoms with Gasteiger partial charge in [0.25, 0.3) is 0 Å². The van der Waals surface area contributed by atoms with Crippen LogP contribution in [0.1, 0.15) is 13.8 Å². The van der Waals surface area contributed by atoms with E-state index in [1.807, 2.05) is 0 Å². The topological polar surface area (TPSA) is 0 Å². The average Bonchev–Trinajstić information content (AvgIpc) is 1.98. The SMILES string of the molecule is CC(C)C(CBr)(CBr)C[Si](C)(C)C. The van der Waals surface area contributed by atoms with Gasteiger partial charge in [-0.25, -0.2) is 0 Å². The monoisotopic (exact) mass is 328 g/mol. The first-order valence-corrected chi connectivity index (χ1v) is 10.8. The lowest BCUT2D eigenvalue weighted by Gasteiger charge is -2.39. The van der Waals surface area contributed by atoms with E-state index in [4.69, 9.17) is 0 Å². The molecule has 0 saturated carbocycles. The highest BCUT2D eigenvalue weighted by molar-refractivity contribution is 9.09. The maximum absolute atomic E-state index is 3.68. The molecule has 0 aliphatic carbocycles. The maximum Gasteiger partial charge on any atom is 0.0448 e. The van der Waals surface area contributed by atoms with E-state index in [0.29, 0.717) is 5.41 Å². The Morgan fingerprint density at radius 2 is 1.46 bits per heavy atom. The minimum atomic E-state index is -0.957. The molecular weight excluding hydrogens is 308 g/mol. The zero-order valence-corrected chi connectivity index (χ0v) is 13.6. The van der Waals surface area contributed by atoms with Crippen molar-refractivity contribution in [3.8, 4) is 0 Å². The number of rotatable bonds is 5. The van der Waals surface area contributed by atoms with Crippen molar-refractivity contribution in [1.82, 2.24) is 0 Å². The van der Waals surface area contributed by atoms with E-state index >= 15 is 0 Å². The molecule has 0 rings (SSSR count). The molecule has 13 heavy (non-hydrogen) atoms. The smallest absolute Gasteiger partial charge is 0.0448 e. The summed E-state index contributed by atoms with van der Waals surface area (Å²) >= 11 is 7.36. The first kappa shape index (κ1) is 14.2. The summed E-state index contributed by atoms with van der Waals surface area (Å²) in [5, 5.41) is 2.24. The van der Waals surface area contributed by atoms with Crippen LogP contribution in [0.25, 0.3) is 0 Å². The molecule has 0 radical (unpaired) electrons. The van der Waals surface area contributed by atoms with Crippen LogP contribution in [-0.2, 0) is 0 Å². The van der Waals surface area contributed by atoms with E-state index in [-0.39, 0.29) is 0 Å². The zero-order chi connectivity index (χ0) is 10.7. The molecule has 0 unspecified atom stereocenters. The van der Waals surface area contributed by atoms with Gasteiger partial charge in [0.05, 0.1) is 0 Å². The Morgan fingerprint density at radius 3 is 1.54 bits per heavy atom. The van der Waals surface area contributed by atoms with Gasteiger partial charge in [0.2, 0.25) is 0 Å². The van der Waals surface area contributed by atoms with Gasteiger partial charge in [-0.15, -0.1) is 0 Å². The summed E-state index contributed by atoms with van der Waals surface area (Å²) in [7, 11) is -0.957. The molecule has 0 N–H and O–H groups in total. The molecule has 0 heterocycles. The second-order valence-corrected chi connectivity index (χ2v) is 12.1. The van der Waals surface area contributed by atoms with Gasteiger partial charge in [-0.2, -0.15) is 0 Å². The molecule has 0 fully saturated rings. The molecule has 0 aromatic heterocycles. The van der Waals surface area contributed by atoms with E-state index < -0.39 is 8.07 Å². The highest BCUT2D eigenvalue weighted by atomic mass is 79.9. The fourth-order valence-corrected chi connectivity index (χ4v) is 7.82. The van der Waals surface area contributed by atoms with Crippen molar-refractivity contribution < 1.29 is 0 Å². The Kier molecular flexibility index (Phi) is 5.79. The van der Waals surface area contributed by atoms with Crippen molar-refractivity contribution in [1.29, 1.82) is 0 Å². The predicted octanol–water partition coefficient (Wildman–Crippen LogP) is 4.76. The van der Waals surface area contributed by atoms with Gasteiger partial charge in [0.15, 0.2) is 0 Å². The van der Waals surface area contributed by atoms with Gasteiger partial charge in [-0.05, 0) is 11.3 Å². The molecule has 0 bridgehead atoms. The fourth-order valence-electron chi connectivity index (χ4n) is 1.70. The van der Waals surface area contributed by atoms with Crippen LogP contribution in [0.5, 0.6) is 0 Å². The van der Waals surface area contributed by atoms with Crippen LogP contribution in [0.15, 0.2) is 0 Å². The summed E-state index contributed by atoms with van der Waals surface area (Å²) in [6, 6.07) is 1.40. The Labute approximate surface area is 101 Å². The molecule has 0 nitrogen and oxygen atoms in total. The van der Waals surface area contributed by atoms with Gasteiger partial charge < -0.3 is 0 Å². The Hall–Kier alpha value is 1.18. The van der Waals surface area contributed by atoms with Crippen molar-refractivity contribution in [3.63, 3.8) is 0 Å². The van der Waals surface area contributed by atoms with Gasteiger partial charge in [0, 0.05) is 18.7 Å². The molecule has 0 aromatic carbocycles. The summed E-state index contributed by atoms with van der Waals surface area (Å²) < 4.78 is 0. The number of hydrogen-bond acceptors (Lipinski definition) is 0. The molecule has 80 valence electrons. The molecule has 0 aromatic rings. The van der Waals surface area contributed by atoms with Gasteiger partial charge >= 0.3 is 0 Å².